The van der Waals surface area contributed by atoms with Gasteiger partial charge >= 0.3 is 0 Å². The molecular formula is C18H15N7O3S2. The molecule has 4 rings (SSSR count). The minimum absolute atomic E-state index is 0.0145. The number of nitro groups is 1. The van der Waals surface area contributed by atoms with Gasteiger partial charge in [0.1, 0.15) is 0 Å². The summed E-state index contributed by atoms with van der Waals surface area (Å²) in [6.07, 6.45) is 0.0714. The first-order valence-electron chi connectivity index (χ1n) is 8.74. The molecule has 0 aliphatic carbocycles. The molecule has 1 amide bonds. The number of thiazole rings is 2. The molecule has 0 radical (unpaired) electrons. The van der Waals surface area contributed by atoms with Crippen molar-refractivity contribution in [1.82, 2.24) is 19.9 Å². The largest absolute Gasteiger partial charge is 0.302 e. The van der Waals surface area contributed by atoms with Gasteiger partial charge in [0.2, 0.25) is 11.9 Å². The van der Waals surface area contributed by atoms with Crippen LogP contribution in [0.5, 0.6) is 0 Å². The van der Waals surface area contributed by atoms with Gasteiger partial charge in [0, 0.05) is 28.9 Å². The Morgan fingerprint density at radius 3 is 2.60 bits per heavy atom. The predicted molar refractivity (Wildman–Crippen MR) is 116 cm³/mol. The topological polar surface area (TPSA) is 136 Å². The molecule has 4 aromatic rings. The van der Waals surface area contributed by atoms with Crippen LogP contribution in [0.25, 0.3) is 10.2 Å². The summed E-state index contributed by atoms with van der Waals surface area (Å²) in [4.78, 5) is 40.1. The Kier molecular flexibility index (Phi) is 5.33. The van der Waals surface area contributed by atoms with Gasteiger partial charge < -0.3 is 10.6 Å². The average Bonchev–Trinajstić information content (AvgIpc) is 3.25. The summed E-state index contributed by atoms with van der Waals surface area (Å²) in [7, 11) is 0. The van der Waals surface area contributed by atoms with E-state index in [1.165, 1.54) is 34.8 Å². The number of aromatic nitrogens is 4. The molecule has 10 nitrogen and oxygen atoms in total. The highest BCUT2D eigenvalue weighted by Gasteiger charge is 2.14. The van der Waals surface area contributed by atoms with E-state index >= 15 is 0 Å². The third-order valence-electron chi connectivity index (χ3n) is 3.92. The first kappa shape index (κ1) is 19.8. The van der Waals surface area contributed by atoms with Gasteiger partial charge in [-0.3, -0.25) is 14.9 Å². The zero-order chi connectivity index (χ0) is 21.3. The second-order valence-corrected chi connectivity index (χ2v) is 8.29. The van der Waals surface area contributed by atoms with E-state index in [0.717, 1.165) is 11.4 Å². The molecule has 12 heteroatoms. The standard InChI is InChI=1S/C18H15N7O3S2/c1-9-5-10(2)20-16(19-9)24-17-21-11(8-29-17)6-15(26)23-18-22-13-4-3-12(25(27)28)7-14(13)30-18/h3-5,7-8H,6H2,1-2H3,(H,22,23,26)(H,19,20,21,24). The van der Waals surface area contributed by atoms with Crippen LogP contribution in [0, 0.1) is 24.0 Å². The summed E-state index contributed by atoms with van der Waals surface area (Å²) < 4.78 is 0.632. The summed E-state index contributed by atoms with van der Waals surface area (Å²) >= 11 is 2.54. The number of hydrogen-bond acceptors (Lipinski definition) is 10. The number of nitrogens with zero attached hydrogens (tertiary/aromatic N) is 5. The third-order valence-corrected chi connectivity index (χ3v) is 5.66. The van der Waals surface area contributed by atoms with Crippen molar-refractivity contribution in [3.05, 3.63) is 56.8 Å². The fourth-order valence-electron chi connectivity index (χ4n) is 2.73. The molecule has 0 atom stereocenters. The van der Waals surface area contributed by atoms with Gasteiger partial charge in [0.25, 0.3) is 5.69 Å². The first-order chi connectivity index (χ1) is 14.4. The van der Waals surface area contributed by atoms with Gasteiger partial charge in [-0.2, -0.15) is 0 Å². The smallest absolute Gasteiger partial charge is 0.270 e. The van der Waals surface area contributed by atoms with Crippen LogP contribution in [0.4, 0.5) is 21.9 Å². The number of rotatable bonds is 6. The molecule has 2 N–H and O–H groups in total. The van der Waals surface area contributed by atoms with Crippen LogP contribution in [0.2, 0.25) is 0 Å². The van der Waals surface area contributed by atoms with Crippen molar-refractivity contribution >= 4 is 60.7 Å². The molecule has 0 saturated carbocycles. The van der Waals surface area contributed by atoms with Crippen LogP contribution in [0.3, 0.4) is 0 Å². The maximum atomic E-state index is 12.4. The second kappa shape index (κ2) is 8.08. The van der Waals surface area contributed by atoms with Crippen molar-refractivity contribution in [3.63, 3.8) is 0 Å². The van der Waals surface area contributed by atoms with Gasteiger partial charge in [0.05, 0.1) is 27.3 Å². The van der Waals surface area contributed by atoms with Gasteiger partial charge in [0.15, 0.2) is 10.3 Å². The van der Waals surface area contributed by atoms with Crippen LogP contribution in [-0.2, 0) is 11.2 Å². The van der Waals surface area contributed by atoms with Crippen molar-refractivity contribution in [1.29, 1.82) is 0 Å². The van der Waals surface area contributed by atoms with Crippen molar-refractivity contribution in [2.75, 3.05) is 10.6 Å². The van der Waals surface area contributed by atoms with Crippen LogP contribution in [0.15, 0.2) is 29.6 Å². The van der Waals surface area contributed by atoms with E-state index in [0.29, 0.717) is 32.1 Å². The first-order valence-corrected chi connectivity index (χ1v) is 10.4. The van der Waals surface area contributed by atoms with Crippen molar-refractivity contribution < 1.29 is 9.72 Å². The Morgan fingerprint density at radius 1 is 1.10 bits per heavy atom. The van der Waals surface area contributed by atoms with Crippen LogP contribution >= 0.6 is 22.7 Å². The molecule has 0 fully saturated rings. The zero-order valence-corrected chi connectivity index (χ0v) is 17.5. The van der Waals surface area contributed by atoms with E-state index in [4.69, 9.17) is 0 Å². The van der Waals surface area contributed by atoms with Crippen LogP contribution in [-0.4, -0.2) is 30.8 Å². The lowest BCUT2D eigenvalue weighted by Gasteiger charge is -2.03. The molecule has 30 heavy (non-hydrogen) atoms. The monoisotopic (exact) mass is 441 g/mol. The summed E-state index contributed by atoms with van der Waals surface area (Å²) in [5, 5.41) is 19.4. The summed E-state index contributed by atoms with van der Waals surface area (Å²) in [5.74, 6) is 0.185. The van der Waals surface area contributed by atoms with E-state index in [-0.39, 0.29) is 18.0 Å². The number of non-ortho nitro benzene ring substituents is 1. The van der Waals surface area contributed by atoms with Gasteiger partial charge in [-0.05, 0) is 26.0 Å². The molecule has 152 valence electrons. The quantitative estimate of drug-likeness (QED) is 0.338. The highest BCUT2D eigenvalue weighted by molar-refractivity contribution is 7.22. The maximum Gasteiger partial charge on any atom is 0.270 e. The summed E-state index contributed by atoms with van der Waals surface area (Å²) in [6.45, 7) is 3.77. The van der Waals surface area contributed by atoms with E-state index < -0.39 is 4.92 Å². The molecular weight excluding hydrogens is 426 g/mol. The predicted octanol–water partition coefficient (Wildman–Crippen LogP) is 3.99. The van der Waals surface area contributed by atoms with Crippen molar-refractivity contribution in [2.45, 2.75) is 20.3 Å². The molecule has 0 bridgehead atoms. The molecule has 0 aliphatic heterocycles. The van der Waals surface area contributed by atoms with Crippen molar-refractivity contribution in [2.24, 2.45) is 0 Å². The Balaban J connectivity index is 1.41. The molecule has 0 aliphatic rings. The number of nitro benzene ring substituents is 1. The second-order valence-electron chi connectivity index (χ2n) is 6.40. The van der Waals surface area contributed by atoms with Gasteiger partial charge in [-0.25, -0.2) is 19.9 Å². The number of amides is 1. The summed E-state index contributed by atoms with van der Waals surface area (Å²) in [5.41, 5.74) is 2.87. The van der Waals surface area contributed by atoms with Gasteiger partial charge in [-0.1, -0.05) is 11.3 Å². The minimum Gasteiger partial charge on any atom is -0.302 e. The molecule has 3 aromatic heterocycles. The Morgan fingerprint density at radius 2 is 1.87 bits per heavy atom. The van der Waals surface area contributed by atoms with E-state index in [1.54, 1.807) is 11.4 Å². The Labute approximate surface area is 178 Å². The normalized spacial score (nSPS) is 10.9. The number of benzene rings is 1. The fraction of sp³-hybridized carbons (Fsp3) is 0.167. The third kappa shape index (κ3) is 4.55. The molecule has 1 aromatic carbocycles. The zero-order valence-electron chi connectivity index (χ0n) is 15.9. The van der Waals surface area contributed by atoms with Crippen LogP contribution < -0.4 is 10.6 Å². The average molecular weight is 441 g/mol. The molecule has 3 heterocycles. The molecule has 0 saturated heterocycles. The van der Waals surface area contributed by atoms with Gasteiger partial charge in [-0.15, -0.1) is 11.3 Å². The Bertz CT molecular complexity index is 1250. The number of anilines is 3. The fourth-order valence-corrected chi connectivity index (χ4v) is 4.35. The van der Waals surface area contributed by atoms with Crippen molar-refractivity contribution in [3.8, 4) is 0 Å². The minimum atomic E-state index is -0.464. The lowest BCUT2D eigenvalue weighted by atomic mass is 10.3. The number of hydrogen-bond donors (Lipinski definition) is 2. The highest BCUT2D eigenvalue weighted by atomic mass is 32.1. The van der Waals surface area contributed by atoms with E-state index in [1.807, 2.05) is 19.9 Å². The SMILES string of the molecule is Cc1cc(C)nc(Nc2nc(CC(=O)Nc3nc4ccc([N+](=O)[O-])cc4s3)cs2)n1. The molecule has 0 spiro atoms. The lowest BCUT2D eigenvalue weighted by Crippen LogP contribution is -2.14. The highest BCUT2D eigenvalue weighted by Crippen LogP contribution is 2.29. The number of nitrogens with one attached hydrogen (secondary N) is 2. The number of carbonyl (C=O) groups is 1. The van der Waals surface area contributed by atoms with E-state index in [2.05, 4.69) is 30.6 Å². The Hall–Kier alpha value is -3.51. The number of aryl methyl sites for hydroxylation is 2. The maximum absolute atomic E-state index is 12.4. The number of fused-ring (bicyclic) bond motifs is 1. The number of carbonyl (C=O) groups excluding carboxylic acids is 1. The lowest BCUT2D eigenvalue weighted by molar-refractivity contribution is -0.384. The molecule has 0 unspecified atom stereocenters. The van der Waals surface area contributed by atoms with E-state index in [9.17, 15) is 14.9 Å². The van der Waals surface area contributed by atoms with Crippen LogP contribution in [0.1, 0.15) is 17.1 Å². The summed E-state index contributed by atoms with van der Waals surface area (Å²) in [6, 6.07) is 6.27.